The van der Waals surface area contributed by atoms with Gasteiger partial charge in [-0.25, -0.2) is 0 Å². The van der Waals surface area contributed by atoms with Crippen LogP contribution >= 0.6 is 15.9 Å². The van der Waals surface area contributed by atoms with Gasteiger partial charge in [-0.2, -0.15) is 0 Å². The predicted octanol–water partition coefficient (Wildman–Crippen LogP) is 2.20. The lowest BCUT2D eigenvalue weighted by Gasteiger charge is -2.34. The van der Waals surface area contributed by atoms with Crippen molar-refractivity contribution in [3.63, 3.8) is 0 Å². The van der Waals surface area contributed by atoms with Gasteiger partial charge in [-0.05, 0) is 35.0 Å². The van der Waals surface area contributed by atoms with E-state index >= 15 is 0 Å². The van der Waals surface area contributed by atoms with Gasteiger partial charge in [0, 0.05) is 40.1 Å². The maximum Gasteiger partial charge on any atom is 0.0511 e. The summed E-state index contributed by atoms with van der Waals surface area (Å²) in [4.78, 5) is -0.0351. The van der Waals surface area contributed by atoms with Gasteiger partial charge in [0.2, 0.25) is 0 Å². The van der Waals surface area contributed by atoms with Crippen LogP contribution in [0.4, 0.5) is 5.69 Å². The van der Waals surface area contributed by atoms with Gasteiger partial charge in [0.25, 0.3) is 0 Å². The minimum atomic E-state index is -3.41. The molecule has 0 N–H and O–H groups in total. The normalized spacial score (nSPS) is 45.5. The molecule has 1 aliphatic heterocycles. The van der Waals surface area contributed by atoms with Crippen LogP contribution in [-0.2, 0) is 0 Å². The molecule has 0 atom stereocenters. The summed E-state index contributed by atoms with van der Waals surface area (Å²) in [6.07, 6.45) is 0. The molecule has 0 spiro atoms. The number of likely N-dealkylation sites (N-methyl/N-ethyl adjacent to an activating group) is 1. The van der Waals surface area contributed by atoms with E-state index in [1.807, 2.05) is 0 Å². The lowest BCUT2D eigenvalue weighted by Crippen LogP contribution is -2.44. The summed E-state index contributed by atoms with van der Waals surface area (Å²) in [5.41, 5.74) is -0.143. The fraction of sp³-hybridized carbons (Fsp3) is 0.455. The number of hydrogen-bond donors (Lipinski definition) is 0. The SMILES string of the molecule is [2H]C([2H])([2H])N1C([2H])([2H])C([2H])([2H])N(c2ccccc2Br)C([2H])([2H])C1([2H])[2H]. The van der Waals surface area contributed by atoms with Crippen LogP contribution in [0.1, 0.15) is 15.1 Å². The summed E-state index contributed by atoms with van der Waals surface area (Å²) in [6.45, 7) is -16.6. The van der Waals surface area contributed by atoms with Crippen molar-refractivity contribution in [2.24, 2.45) is 0 Å². The molecule has 2 nitrogen and oxygen atoms in total. The highest BCUT2D eigenvalue weighted by Crippen LogP contribution is 2.26. The van der Waals surface area contributed by atoms with Crippen LogP contribution < -0.4 is 4.90 Å². The first-order valence-electron chi connectivity index (χ1n) is 9.36. The number of hydrogen-bond acceptors (Lipinski definition) is 2. The molecule has 1 saturated heterocycles. The smallest absolute Gasteiger partial charge is 0.0511 e. The number of rotatable bonds is 1. The van der Waals surface area contributed by atoms with Gasteiger partial charge in [0.15, 0.2) is 0 Å². The van der Waals surface area contributed by atoms with Crippen molar-refractivity contribution in [1.29, 1.82) is 0 Å². The van der Waals surface area contributed by atoms with Crippen molar-refractivity contribution < 1.29 is 15.1 Å². The number of piperazine rings is 1. The quantitative estimate of drug-likeness (QED) is 0.769. The Morgan fingerprint density at radius 1 is 1.29 bits per heavy atom. The molecule has 3 heteroatoms. The Labute approximate surface area is 109 Å². The standard InChI is InChI=1S/C11H15BrN2/c1-13-6-8-14(9-7-13)11-5-3-2-4-10(11)12/h2-5H,6-9H2,1H3/i1D3,6D2,7D2,8D2,9D2. The Bertz CT molecular complexity index is 644. The minimum Gasteiger partial charge on any atom is -0.368 e. The maximum absolute atomic E-state index is 8.16. The van der Waals surface area contributed by atoms with Crippen molar-refractivity contribution in [3.8, 4) is 0 Å². The first kappa shape index (κ1) is 3.22. The van der Waals surface area contributed by atoms with Crippen LogP contribution in [0.25, 0.3) is 0 Å². The van der Waals surface area contributed by atoms with Crippen molar-refractivity contribution in [2.75, 3.05) is 37.9 Å². The molecule has 0 bridgehead atoms. The zero-order valence-corrected chi connectivity index (χ0v) is 8.67. The molecule has 1 aromatic rings. The molecule has 1 fully saturated rings. The van der Waals surface area contributed by atoms with Crippen LogP contribution in [-0.4, -0.2) is 37.9 Å². The predicted molar refractivity (Wildman–Crippen MR) is 63.9 cm³/mol. The van der Waals surface area contributed by atoms with E-state index < -0.39 is 33.0 Å². The molecular weight excluding hydrogens is 240 g/mol. The van der Waals surface area contributed by atoms with Gasteiger partial charge >= 0.3 is 0 Å². The molecule has 0 aromatic heterocycles. The van der Waals surface area contributed by atoms with Gasteiger partial charge in [0.05, 0.1) is 11.2 Å². The maximum atomic E-state index is 8.16. The monoisotopic (exact) mass is 265 g/mol. The number of halogens is 1. The van der Waals surface area contributed by atoms with Gasteiger partial charge in [0.1, 0.15) is 0 Å². The summed E-state index contributed by atoms with van der Waals surface area (Å²) >= 11 is 3.12. The molecule has 1 aromatic carbocycles. The average Bonchev–Trinajstić information content (AvgIpc) is 2.36. The van der Waals surface area contributed by atoms with Crippen LogP contribution in [0.2, 0.25) is 0 Å². The number of nitrogens with zero attached hydrogens (tertiary/aromatic N) is 2. The second-order valence-electron chi connectivity index (χ2n) is 2.57. The molecule has 0 radical (unpaired) electrons. The third-order valence-electron chi connectivity index (χ3n) is 1.64. The van der Waals surface area contributed by atoms with Gasteiger partial charge in [-0.3, -0.25) is 0 Å². The van der Waals surface area contributed by atoms with Crippen molar-refractivity contribution in [2.45, 2.75) is 0 Å². The summed E-state index contributed by atoms with van der Waals surface area (Å²) in [5.74, 6) is 0. The van der Waals surface area contributed by atoms with Gasteiger partial charge < -0.3 is 9.80 Å². The molecule has 76 valence electrons. The van der Waals surface area contributed by atoms with E-state index in [-0.39, 0.29) is 15.1 Å². The van der Waals surface area contributed by atoms with Crippen molar-refractivity contribution >= 4 is 21.6 Å². The van der Waals surface area contributed by atoms with Crippen LogP contribution in [0, 0.1) is 0 Å². The van der Waals surface area contributed by atoms with E-state index in [1.54, 1.807) is 6.07 Å². The van der Waals surface area contributed by atoms with E-state index in [2.05, 4.69) is 15.9 Å². The van der Waals surface area contributed by atoms with E-state index in [4.69, 9.17) is 15.1 Å². The lowest BCUT2D eigenvalue weighted by atomic mass is 10.2. The molecule has 0 amide bonds. The molecule has 0 unspecified atom stereocenters. The Hall–Kier alpha value is -0.540. The summed E-state index contributed by atoms with van der Waals surface area (Å²) in [5, 5.41) is 0. The Morgan fingerprint density at radius 2 is 2.00 bits per heavy atom. The van der Waals surface area contributed by atoms with E-state index in [0.717, 1.165) is 0 Å². The van der Waals surface area contributed by atoms with Gasteiger partial charge in [-0.1, -0.05) is 12.1 Å². The highest BCUT2D eigenvalue weighted by Gasteiger charge is 2.15. The third-order valence-corrected chi connectivity index (χ3v) is 2.31. The molecule has 2 rings (SSSR count). The zero-order valence-electron chi connectivity index (χ0n) is 18.1. The van der Waals surface area contributed by atoms with Crippen LogP contribution in [0.3, 0.4) is 0 Å². The topological polar surface area (TPSA) is 6.48 Å². The molecular formula is C11H15BrN2. The fourth-order valence-corrected chi connectivity index (χ4v) is 1.47. The minimum absolute atomic E-state index is 0.143. The van der Waals surface area contributed by atoms with Gasteiger partial charge in [-0.15, -0.1) is 0 Å². The second-order valence-corrected chi connectivity index (χ2v) is 3.42. The summed E-state index contributed by atoms with van der Waals surface area (Å²) < 4.78 is 87.2. The first-order chi connectivity index (χ1) is 11.0. The van der Waals surface area contributed by atoms with Crippen LogP contribution in [0.15, 0.2) is 28.7 Å². The van der Waals surface area contributed by atoms with Crippen molar-refractivity contribution in [3.05, 3.63) is 28.7 Å². The van der Waals surface area contributed by atoms with E-state index in [9.17, 15) is 0 Å². The third kappa shape index (κ3) is 2.10. The largest absolute Gasteiger partial charge is 0.368 e. The van der Waals surface area contributed by atoms with E-state index in [1.165, 1.54) is 18.2 Å². The number of para-hydroxylation sites is 1. The molecule has 0 aliphatic carbocycles. The average molecular weight is 266 g/mol. The Balaban J connectivity index is 2.83. The summed E-state index contributed by atoms with van der Waals surface area (Å²) in [6, 6.07) is 5.77. The lowest BCUT2D eigenvalue weighted by molar-refractivity contribution is 0.312. The van der Waals surface area contributed by atoms with E-state index in [0.29, 0.717) is 4.90 Å². The second kappa shape index (κ2) is 4.32. The highest BCUT2D eigenvalue weighted by molar-refractivity contribution is 9.10. The first-order valence-corrected chi connectivity index (χ1v) is 4.65. The Kier molecular flexibility index (Phi) is 0.995. The summed E-state index contributed by atoms with van der Waals surface area (Å²) in [7, 11) is 0. The molecule has 1 aliphatic rings. The molecule has 0 saturated carbocycles. The molecule has 1 heterocycles. The Morgan fingerprint density at radius 3 is 2.64 bits per heavy atom. The highest BCUT2D eigenvalue weighted by atomic mass is 79.9. The number of anilines is 1. The van der Waals surface area contributed by atoms with Crippen LogP contribution in [0.5, 0.6) is 0 Å². The van der Waals surface area contributed by atoms with Crippen molar-refractivity contribution in [1.82, 2.24) is 4.90 Å². The molecule has 14 heavy (non-hydrogen) atoms. The zero-order chi connectivity index (χ0) is 19.6. The fourth-order valence-electron chi connectivity index (χ4n) is 1.01. The number of benzene rings is 1.